The molecule has 0 aliphatic rings. The molecule has 1 N–H and O–H groups in total. The molecular weight excluding hydrogens is 298 g/mol. The maximum Gasteiger partial charge on any atom is 0.193 e. The van der Waals surface area contributed by atoms with E-state index in [4.69, 9.17) is 0 Å². The summed E-state index contributed by atoms with van der Waals surface area (Å²) in [5, 5.41) is 7.94. The summed E-state index contributed by atoms with van der Waals surface area (Å²) < 4.78 is 2.07. The number of aliphatic imine (C=N–C) groups is 1. The molecule has 0 bridgehead atoms. The van der Waals surface area contributed by atoms with Gasteiger partial charge in [0.05, 0.1) is 5.69 Å². The van der Waals surface area contributed by atoms with E-state index in [0.717, 1.165) is 37.7 Å². The van der Waals surface area contributed by atoms with Gasteiger partial charge in [-0.3, -0.25) is 9.67 Å². The molecule has 0 aliphatic carbocycles. The summed E-state index contributed by atoms with van der Waals surface area (Å²) in [5.74, 6) is 0.923. The van der Waals surface area contributed by atoms with Gasteiger partial charge in [0.2, 0.25) is 0 Å². The molecule has 0 aliphatic heterocycles. The number of benzene rings is 1. The average molecular weight is 327 g/mol. The summed E-state index contributed by atoms with van der Waals surface area (Å²) in [7, 11) is 3.90. The number of hydrogen-bond acceptors (Lipinski definition) is 2. The Morgan fingerprint density at radius 1 is 1.25 bits per heavy atom. The molecule has 0 radical (unpaired) electrons. The first-order valence-corrected chi connectivity index (χ1v) is 8.48. The van der Waals surface area contributed by atoms with Gasteiger partial charge in [-0.1, -0.05) is 24.3 Å². The van der Waals surface area contributed by atoms with E-state index < -0.39 is 0 Å². The Morgan fingerprint density at radius 3 is 2.62 bits per heavy atom. The average Bonchev–Trinajstić information content (AvgIpc) is 2.87. The Balaban J connectivity index is 1.81. The molecule has 5 nitrogen and oxygen atoms in total. The third kappa shape index (κ3) is 4.85. The van der Waals surface area contributed by atoms with E-state index in [-0.39, 0.29) is 0 Å². The first-order valence-electron chi connectivity index (χ1n) is 8.48. The molecule has 1 aromatic carbocycles. The summed E-state index contributed by atoms with van der Waals surface area (Å²) in [6.07, 6.45) is 1.01. The molecule has 0 unspecified atom stereocenters. The van der Waals surface area contributed by atoms with Gasteiger partial charge < -0.3 is 10.2 Å². The van der Waals surface area contributed by atoms with E-state index in [2.05, 4.69) is 76.2 Å². The highest BCUT2D eigenvalue weighted by atomic mass is 15.3. The first kappa shape index (κ1) is 18.0. The number of nitrogens with zero attached hydrogens (tertiary/aromatic N) is 4. The topological polar surface area (TPSA) is 45.5 Å². The number of aryl methyl sites for hydroxylation is 4. The number of aromatic nitrogens is 2. The molecule has 0 saturated carbocycles. The zero-order valence-corrected chi connectivity index (χ0v) is 15.5. The summed E-state index contributed by atoms with van der Waals surface area (Å²) in [6.45, 7) is 8.93. The second kappa shape index (κ2) is 8.52. The number of guanidine groups is 1. The van der Waals surface area contributed by atoms with E-state index in [1.165, 1.54) is 16.8 Å². The molecule has 0 atom stereocenters. The molecule has 1 heterocycles. The van der Waals surface area contributed by atoms with Gasteiger partial charge in [-0.15, -0.1) is 0 Å². The van der Waals surface area contributed by atoms with Crippen molar-refractivity contribution in [2.75, 3.05) is 20.6 Å². The lowest BCUT2D eigenvalue weighted by Gasteiger charge is -2.23. The normalized spacial score (nSPS) is 11.6. The fourth-order valence-electron chi connectivity index (χ4n) is 2.83. The predicted octanol–water partition coefficient (Wildman–Crippen LogP) is 2.91. The van der Waals surface area contributed by atoms with E-state index in [1.54, 1.807) is 0 Å². The van der Waals surface area contributed by atoms with Gasteiger partial charge in [-0.25, -0.2) is 0 Å². The summed E-state index contributed by atoms with van der Waals surface area (Å²) in [5.41, 5.74) is 4.93. The van der Waals surface area contributed by atoms with E-state index in [1.807, 2.05) is 14.0 Å². The van der Waals surface area contributed by atoms with Crippen molar-refractivity contribution in [3.8, 4) is 0 Å². The Labute approximate surface area is 145 Å². The summed E-state index contributed by atoms with van der Waals surface area (Å²) in [4.78, 5) is 6.55. The molecule has 2 aromatic rings. The van der Waals surface area contributed by atoms with Gasteiger partial charge in [0.1, 0.15) is 0 Å². The van der Waals surface area contributed by atoms with Gasteiger partial charge in [-0.2, -0.15) is 5.10 Å². The van der Waals surface area contributed by atoms with Crippen LogP contribution in [-0.4, -0.2) is 41.3 Å². The lowest BCUT2D eigenvalue weighted by molar-refractivity contribution is 0.469. The van der Waals surface area contributed by atoms with Crippen LogP contribution in [0.1, 0.15) is 28.9 Å². The van der Waals surface area contributed by atoms with Crippen LogP contribution >= 0.6 is 0 Å². The molecule has 0 amide bonds. The molecular formula is C19H29N5. The second-order valence-corrected chi connectivity index (χ2v) is 6.26. The van der Waals surface area contributed by atoms with E-state index >= 15 is 0 Å². The molecule has 1 aromatic heterocycles. The van der Waals surface area contributed by atoms with E-state index in [0.29, 0.717) is 0 Å². The highest BCUT2D eigenvalue weighted by Crippen LogP contribution is 2.09. The van der Waals surface area contributed by atoms with Gasteiger partial charge in [0.25, 0.3) is 0 Å². The molecule has 24 heavy (non-hydrogen) atoms. The Kier molecular flexibility index (Phi) is 6.41. The van der Waals surface area contributed by atoms with Crippen molar-refractivity contribution in [1.82, 2.24) is 20.0 Å². The number of nitrogens with one attached hydrogen (secondary N) is 1. The molecule has 2 rings (SSSR count). The molecule has 0 spiro atoms. The Bertz CT molecular complexity index is 687. The lowest BCUT2D eigenvalue weighted by Crippen LogP contribution is -2.39. The highest BCUT2D eigenvalue weighted by Gasteiger charge is 2.08. The minimum atomic E-state index is 0.851. The van der Waals surface area contributed by atoms with Crippen LogP contribution in [0.5, 0.6) is 0 Å². The van der Waals surface area contributed by atoms with Crippen molar-refractivity contribution in [2.24, 2.45) is 4.99 Å². The van der Waals surface area contributed by atoms with E-state index in [9.17, 15) is 0 Å². The maximum absolute atomic E-state index is 4.50. The quantitative estimate of drug-likeness (QED) is 0.504. The Morgan fingerprint density at radius 2 is 2.00 bits per heavy atom. The standard InChI is InChI=1S/C19H29N5/c1-15-9-6-7-10-18(15)14-23(5)19(20-4)21-11-8-12-24-17(3)13-16(2)22-24/h6-7,9-10,13H,8,11-12,14H2,1-5H3,(H,20,21). The second-order valence-electron chi connectivity index (χ2n) is 6.26. The van der Waals surface area contributed by atoms with Crippen molar-refractivity contribution >= 4 is 5.96 Å². The minimum absolute atomic E-state index is 0.851. The maximum atomic E-state index is 4.50. The van der Waals surface area contributed by atoms with Crippen LogP contribution < -0.4 is 5.32 Å². The molecule has 130 valence electrons. The third-order valence-corrected chi connectivity index (χ3v) is 4.18. The van der Waals surface area contributed by atoms with Crippen LogP contribution in [0.4, 0.5) is 0 Å². The van der Waals surface area contributed by atoms with Gasteiger partial charge in [-0.05, 0) is 44.4 Å². The third-order valence-electron chi connectivity index (χ3n) is 4.18. The molecule has 0 saturated heterocycles. The van der Waals surface area contributed by atoms with Gasteiger partial charge in [0.15, 0.2) is 5.96 Å². The zero-order chi connectivity index (χ0) is 17.5. The van der Waals surface area contributed by atoms with Crippen LogP contribution in [0, 0.1) is 20.8 Å². The van der Waals surface area contributed by atoms with Crippen LogP contribution in [0.15, 0.2) is 35.3 Å². The minimum Gasteiger partial charge on any atom is -0.356 e. The fraction of sp³-hybridized carbons (Fsp3) is 0.474. The number of hydrogen-bond donors (Lipinski definition) is 1. The monoisotopic (exact) mass is 327 g/mol. The van der Waals surface area contributed by atoms with Crippen molar-refractivity contribution in [3.63, 3.8) is 0 Å². The smallest absolute Gasteiger partial charge is 0.193 e. The first-order chi connectivity index (χ1) is 11.5. The molecule has 0 fully saturated rings. The zero-order valence-electron chi connectivity index (χ0n) is 15.5. The highest BCUT2D eigenvalue weighted by molar-refractivity contribution is 5.79. The van der Waals surface area contributed by atoms with Crippen LogP contribution in [0.2, 0.25) is 0 Å². The fourth-order valence-corrected chi connectivity index (χ4v) is 2.83. The number of rotatable bonds is 6. The van der Waals surface area contributed by atoms with Crippen LogP contribution in [0.3, 0.4) is 0 Å². The van der Waals surface area contributed by atoms with Crippen molar-refractivity contribution in [2.45, 2.75) is 40.3 Å². The lowest BCUT2D eigenvalue weighted by atomic mass is 10.1. The Hall–Kier alpha value is -2.30. The van der Waals surface area contributed by atoms with Gasteiger partial charge >= 0.3 is 0 Å². The molecule has 5 heteroatoms. The van der Waals surface area contributed by atoms with Crippen LogP contribution in [-0.2, 0) is 13.1 Å². The summed E-state index contributed by atoms with van der Waals surface area (Å²) in [6, 6.07) is 10.6. The predicted molar refractivity (Wildman–Crippen MR) is 100 cm³/mol. The van der Waals surface area contributed by atoms with Crippen molar-refractivity contribution in [3.05, 3.63) is 52.8 Å². The summed E-state index contributed by atoms with van der Waals surface area (Å²) >= 11 is 0. The SMILES string of the molecule is CN=C(NCCCn1nc(C)cc1C)N(C)Cc1ccccc1C. The van der Waals surface area contributed by atoms with Gasteiger partial charge in [0, 0.05) is 39.4 Å². The van der Waals surface area contributed by atoms with Crippen LogP contribution in [0.25, 0.3) is 0 Å². The van der Waals surface area contributed by atoms with Crippen molar-refractivity contribution in [1.29, 1.82) is 0 Å². The largest absolute Gasteiger partial charge is 0.356 e. The van der Waals surface area contributed by atoms with Crippen molar-refractivity contribution < 1.29 is 0 Å².